The SMILES string of the molecule is COc1cc([N+](=O)[O-])ccc1N1C[C@@H](C(=O)OCC(=O)Nc2ccc(C(=O)OCC(C)C)cc2)CC1=O. The first kappa shape index (κ1) is 27.1. The number of hydrogen-bond acceptors (Lipinski definition) is 9. The molecule has 0 radical (unpaired) electrons. The Bertz CT molecular complexity index is 1190. The van der Waals surface area contributed by atoms with Crippen LogP contribution in [0.4, 0.5) is 17.1 Å². The summed E-state index contributed by atoms with van der Waals surface area (Å²) in [7, 11) is 1.32. The highest BCUT2D eigenvalue weighted by molar-refractivity contribution is 6.01. The summed E-state index contributed by atoms with van der Waals surface area (Å²) in [6.07, 6.45) is -0.144. The number of nitrogens with zero attached hydrogens (tertiary/aromatic N) is 2. The number of amides is 2. The van der Waals surface area contributed by atoms with E-state index in [9.17, 15) is 29.3 Å². The van der Waals surface area contributed by atoms with Crippen molar-refractivity contribution in [2.24, 2.45) is 11.8 Å². The van der Waals surface area contributed by atoms with E-state index in [2.05, 4.69) is 5.32 Å². The van der Waals surface area contributed by atoms with E-state index in [1.807, 2.05) is 13.8 Å². The van der Waals surface area contributed by atoms with Crippen molar-refractivity contribution in [2.75, 3.05) is 37.1 Å². The Labute approximate surface area is 212 Å². The number of ether oxygens (including phenoxy) is 3. The second-order valence-electron chi connectivity index (χ2n) is 8.74. The summed E-state index contributed by atoms with van der Waals surface area (Å²) < 4.78 is 15.4. The second-order valence-corrected chi connectivity index (χ2v) is 8.74. The predicted octanol–water partition coefficient (Wildman–Crippen LogP) is 2.95. The van der Waals surface area contributed by atoms with Gasteiger partial charge in [-0.2, -0.15) is 0 Å². The zero-order valence-electron chi connectivity index (χ0n) is 20.6. The Morgan fingerprint density at radius 3 is 2.46 bits per heavy atom. The summed E-state index contributed by atoms with van der Waals surface area (Å²) in [5.74, 6) is -2.67. The highest BCUT2D eigenvalue weighted by Gasteiger charge is 2.37. The number of anilines is 2. The third kappa shape index (κ3) is 7.03. The fraction of sp³-hybridized carbons (Fsp3) is 0.360. The van der Waals surface area contributed by atoms with Gasteiger partial charge in [0.05, 0.1) is 41.9 Å². The van der Waals surface area contributed by atoms with Gasteiger partial charge in [0.15, 0.2) is 6.61 Å². The lowest BCUT2D eigenvalue weighted by molar-refractivity contribution is -0.384. The molecular weight excluding hydrogens is 486 g/mol. The minimum atomic E-state index is -0.823. The minimum Gasteiger partial charge on any atom is -0.494 e. The van der Waals surface area contributed by atoms with Gasteiger partial charge in [-0.05, 0) is 36.2 Å². The molecule has 1 saturated heterocycles. The third-order valence-corrected chi connectivity index (χ3v) is 5.42. The fourth-order valence-corrected chi connectivity index (χ4v) is 3.57. The van der Waals surface area contributed by atoms with E-state index < -0.39 is 35.3 Å². The van der Waals surface area contributed by atoms with Crippen LogP contribution in [0, 0.1) is 22.0 Å². The Morgan fingerprint density at radius 2 is 1.84 bits per heavy atom. The van der Waals surface area contributed by atoms with Crippen molar-refractivity contribution in [3.63, 3.8) is 0 Å². The molecule has 12 heteroatoms. The van der Waals surface area contributed by atoms with Crippen LogP contribution in [-0.4, -0.2) is 55.5 Å². The molecule has 0 spiro atoms. The van der Waals surface area contributed by atoms with Crippen LogP contribution >= 0.6 is 0 Å². The Kier molecular flexibility index (Phi) is 8.77. The maximum Gasteiger partial charge on any atom is 0.338 e. The quantitative estimate of drug-likeness (QED) is 0.287. The summed E-state index contributed by atoms with van der Waals surface area (Å²) in [6, 6.07) is 9.88. The van der Waals surface area contributed by atoms with Gasteiger partial charge in [0.25, 0.3) is 11.6 Å². The van der Waals surface area contributed by atoms with Gasteiger partial charge < -0.3 is 24.4 Å². The van der Waals surface area contributed by atoms with Gasteiger partial charge in [-0.25, -0.2) is 4.79 Å². The first-order valence-corrected chi connectivity index (χ1v) is 11.5. The number of nitrogens with one attached hydrogen (secondary N) is 1. The summed E-state index contributed by atoms with van der Waals surface area (Å²) in [5, 5.41) is 13.6. The van der Waals surface area contributed by atoms with E-state index in [0.29, 0.717) is 23.5 Å². The van der Waals surface area contributed by atoms with E-state index >= 15 is 0 Å². The van der Waals surface area contributed by atoms with E-state index in [1.165, 1.54) is 54.5 Å². The molecule has 0 aliphatic carbocycles. The van der Waals surface area contributed by atoms with Crippen molar-refractivity contribution in [1.82, 2.24) is 0 Å². The van der Waals surface area contributed by atoms with Crippen molar-refractivity contribution in [3.05, 3.63) is 58.1 Å². The van der Waals surface area contributed by atoms with Crippen molar-refractivity contribution >= 4 is 40.8 Å². The van der Waals surface area contributed by atoms with Crippen molar-refractivity contribution in [3.8, 4) is 5.75 Å². The van der Waals surface area contributed by atoms with Crippen LogP contribution in [-0.2, 0) is 23.9 Å². The summed E-state index contributed by atoms with van der Waals surface area (Å²) >= 11 is 0. The number of methoxy groups -OCH3 is 1. The molecule has 0 aromatic heterocycles. The van der Waals surface area contributed by atoms with Gasteiger partial charge >= 0.3 is 11.9 Å². The largest absolute Gasteiger partial charge is 0.494 e. The number of esters is 2. The van der Waals surface area contributed by atoms with Crippen LogP contribution in [0.15, 0.2) is 42.5 Å². The number of hydrogen-bond donors (Lipinski definition) is 1. The van der Waals surface area contributed by atoms with Crippen LogP contribution in [0.1, 0.15) is 30.6 Å². The molecule has 12 nitrogen and oxygen atoms in total. The number of rotatable bonds is 10. The lowest BCUT2D eigenvalue weighted by Crippen LogP contribution is -2.28. The van der Waals surface area contributed by atoms with Crippen molar-refractivity contribution < 1.29 is 38.3 Å². The van der Waals surface area contributed by atoms with E-state index in [0.717, 1.165) is 0 Å². The average molecular weight is 514 g/mol. The number of carbonyl (C=O) groups excluding carboxylic acids is 4. The maximum atomic E-state index is 12.5. The average Bonchev–Trinajstić information content (AvgIpc) is 3.27. The zero-order valence-corrected chi connectivity index (χ0v) is 20.6. The van der Waals surface area contributed by atoms with Gasteiger partial charge in [-0.1, -0.05) is 13.8 Å². The molecular formula is C25H27N3O9. The standard InChI is InChI=1S/C25H27N3O9/c1-15(2)13-36-24(31)16-4-6-18(7-5-16)26-22(29)14-37-25(32)17-10-23(30)27(12-17)20-9-8-19(28(33)34)11-21(20)35-3/h4-9,11,15,17H,10,12-14H2,1-3H3,(H,26,29)/t17-/m0/s1. The minimum absolute atomic E-state index is 0.0260. The predicted molar refractivity (Wildman–Crippen MR) is 131 cm³/mol. The molecule has 1 aliphatic rings. The summed E-state index contributed by atoms with van der Waals surface area (Å²) in [4.78, 5) is 60.9. The summed E-state index contributed by atoms with van der Waals surface area (Å²) in [6.45, 7) is 3.56. The van der Waals surface area contributed by atoms with Crippen LogP contribution in [0.5, 0.6) is 5.75 Å². The Balaban J connectivity index is 1.52. The highest BCUT2D eigenvalue weighted by Crippen LogP contribution is 2.36. The molecule has 1 heterocycles. The Morgan fingerprint density at radius 1 is 1.14 bits per heavy atom. The summed E-state index contributed by atoms with van der Waals surface area (Å²) in [5.41, 5.74) is 0.830. The van der Waals surface area contributed by atoms with Crippen molar-refractivity contribution in [2.45, 2.75) is 20.3 Å². The maximum absolute atomic E-state index is 12.5. The monoisotopic (exact) mass is 513 g/mol. The molecule has 0 unspecified atom stereocenters. The number of nitro groups is 1. The lowest BCUT2D eigenvalue weighted by Gasteiger charge is -2.19. The normalized spacial score (nSPS) is 14.9. The van der Waals surface area contributed by atoms with E-state index in [1.54, 1.807) is 0 Å². The fourth-order valence-electron chi connectivity index (χ4n) is 3.57. The van der Waals surface area contributed by atoms with Crippen molar-refractivity contribution in [1.29, 1.82) is 0 Å². The van der Waals surface area contributed by atoms with Crippen LogP contribution < -0.4 is 15.0 Å². The molecule has 196 valence electrons. The van der Waals surface area contributed by atoms with Crippen LogP contribution in [0.3, 0.4) is 0 Å². The number of carbonyl (C=O) groups is 4. The molecule has 3 rings (SSSR count). The van der Waals surface area contributed by atoms with Gasteiger partial charge in [0.1, 0.15) is 5.75 Å². The number of non-ortho nitro benzene ring substituents is 1. The van der Waals surface area contributed by atoms with Gasteiger partial charge in [-0.15, -0.1) is 0 Å². The highest BCUT2D eigenvalue weighted by atomic mass is 16.6. The number of nitro benzene ring substituents is 1. The molecule has 1 atom stereocenters. The number of benzene rings is 2. The molecule has 0 saturated carbocycles. The third-order valence-electron chi connectivity index (χ3n) is 5.42. The zero-order chi connectivity index (χ0) is 27.1. The lowest BCUT2D eigenvalue weighted by atomic mass is 10.1. The van der Waals surface area contributed by atoms with Crippen LogP contribution in [0.2, 0.25) is 0 Å². The molecule has 2 aromatic rings. The molecule has 1 fully saturated rings. The van der Waals surface area contributed by atoms with Gasteiger partial charge in [0.2, 0.25) is 5.91 Å². The van der Waals surface area contributed by atoms with Gasteiger partial charge in [0, 0.05) is 24.7 Å². The molecule has 1 aliphatic heterocycles. The molecule has 2 aromatic carbocycles. The first-order chi connectivity index (χ1) is 17.6. The molecule has 37 heavy (non-hydrogen) atoms. The molecule has 2 amide bonds. The second kappa shape index (κ2) is 12.0. The molecule has 0 bridgehead atoms. The topological polar surface area (TPSA) is 154 Å². The van der Waals surface area contributed by atoms with E-state index in [4.69, 9.17) is 14.2 Å². The van der Waals surface area contributed by atoms with Gasteiger partial charge in [-0.3, -0.25) is 24.5 Å². The van der Waals surface area contributed by atoms with Crippen LogP contribution in [0.25, 0.3) is 0 Å². The Hall–Kier alpha value is -4.48. The smallest absolute Gasteiger partial charge is 0.338 e. The first-order valence-electron chi connectivity index (χ1n) is 11.5. The van der Waals surface area contributed by atoms with E-state index in [-0.39, 0.29) is 36.2 Å². The molecule has 1 N–H and O–H groups in total.